The molecule has 9 heteroatoms. The van der Waals surface area contributed by atoms with Crippen LogP contribution in [-0.4, -0.2) is 47.8 Å². The standard InChI is InChI=1S/C18H20BrN5O3/c1-10-13(15(26)11-5-4-6-12(19)9-11)16(18(2,3)27)20-14(10)17-21-23-24(22-17)7-8-25/h4-6,9,20,25,27H,7-8H2,1-3H3. The molecule has 0 fully saturated rings. The molecule has 2 aromatic heterocycles. The first kappa shape index (κ1) is 19.4. The highest BCUT2D eigenvalue weighted by Gasteiger charge is 2.31. The van der Waals surface area contributed by atoms with Gasteiger partial charge in [-0.1, -0.05) is 28.1 Å². The lowest BCUT2D eigenvalue weighted by Gasteiger charge is -2.18. The number of rotatable bonds is 6. The average molecular weight is 434 g/mol. The number of aliphatic hydroxyl groups is 2. The number of tetrazole rings is 1. The topological polar surface area (TPSA) is 117 Å². The molecule has 3 N–H and O–H groups in total. The van der Waals surface area contributed by atoms with E-state index in [0.717, 1.165) is 4.47 Å². The lowest BCUT2D eigenvalue weighted by molar-refractivity contribution is 0.0721. The number of hydrogen-bond donors (Lipinski definition) is 3. The summed E-state index contributed by atoms with van der Waals surface area (Å²) in [4.78, 5) is 17.6. The molecular formula is C18H20BrN5O3. The Morgan fingerprint density at radius 3 is 2.74 bits per heavy atom. The summed E-state index contributed by atoms with van der Waals surface area (Å²) in [7, 11) is 0. The van der Waals surface area contributed by atoms with Crippen LogP contribution in [-0.2, 0) is 12.1 Å². The molecule has 0 spiro atoms. The first-order chi connectivity index (χ1) is 12.7. The number of carbonyl (C=O) groups excluding carboxylic acids is 1. The third kappa shape index (κ3) is 3.85. The fraction of sp³-hybridized carbons (Fsp3) is 0.333. The van der Waals surface area contributed by atoms with Gasteiger partial charge in [0.15, 0.2) is 5.78 Å². The van der Waals surface area contributed by atoms with Crippen molar-refractivity contribution in [1.29, 1.82) is 0 Å². The third-order valence-electron chi connectivity index (χ3n) is 4.15. The molecule has 142 valence electrons. The van der Waals surface area contributed by atoms with Gasteiger partial charge >= 0.3 is 0 Å². The molecule has 0 saturated carbocycles. The Labute approximate surface area is 164 Å². The van der Waals surface area contributed by atoms with Crippen LogP contribution >= 0.6 is 15.9 Å². The minimum Gasteiger partial charge on any atom is -0.394 e. The molecule has 27 heavy (non-hydrogen) atoms. The van der Waals surface area contributed by atoms with E-state index in [1.807, 2.05) is 6.07 Å². The van der Waals surface area contributed by atoms with Gasteiger partial charge in [-0.25, -0.2) is 0 Å². The van der Waals surface area contributed by atoms with E-state index in [0.29, 0.717) is 33.9 Å². The van der Waals surface area contributed by atoms with Crippen LogP contribution in [0, 0.1) is 6.92 Å². The molecular weight excluding hydrogens is 414 g/mol. The fourth-order valence-electron chi connectivity index (χ4n) is 2.86. The highest BCUT2D eigenvalue weighted by molar-refractivity contribution is 9.10. The van der Waals surface area contributed by atoms with E-state index in [1.54, 1.807) is 39.0 Å². The lowest BCUT2D eigenvalue weighted by Crippen LogP contribution is -2.20. The van der Waals surface area contributed by atoms with Crippen LogP contribution < -0.4 is 0 Å². The number of benzene rings is 1. The maximum Gasteiger partial charge on any atom is 0.221 e. The summed E-state index contributed by atoms with van der Waals surface area (Å²) in [6, 6.07) is 7.08. The molecule has 0 atom stereocenters. The first-order valence-corrected chi connectivity index (χ1v) is 9.16. The summed E-state index contributed by atoms with van der Waals surface area (Å²) in [6.45, 7) is 5.10. The molecule has 8 nitrogen and oxygen atoms in total. The number of halogens is 1. The second-order valence-corrected chi connectivity index (χ2v) is 7.62. The van der Waals surface area contributed by atoms with Crippen LogP contribution in [0.15, 0.2) is 28.7 Å². The largest absolute Gasteiger partial charge is 0.394 e. The minimum absolute atomic E-state index is 0.110. The van der Waals surface area contributed by atoms with Gasteiger partial charge in [-0.3, -0.25) is 4.79 Å². The second-order valence-electron chi connectivity index (χ2n) is 6.71. The van der Waals surface area contributed by atoms with E-state index < -0.39 is 5.60 Å². The maximum absolute atomic E-state index is 13.2. The Morgan fingerprint density at radius 1 is 1.37 bits per heavy atom. The predicted octanol–water partition coefficient (Wildman–Crippen LogP) is 2.19. The molecule has 0 aliphatic heterocycles. The van der Waals surface area contributed by atoms with Crippen LogP contribution in [0.25, 0.3) is 11.5 Å². The number of nitrogens with zero attached hydrogens (tertiary/aromatic N) is 4. The fourth-order valence-corrected chi connectivity index (χ4v) is 3.26. The van der Waals surface area contributed by atoms with Gasteiger partial charge in [-0.2, -0.15) is 4.80 Å². The first-order valence-electron chi connectivity index (χ1n) is 8.37. The number of aromatic amines is 1. The van der Waals surface area contributed by atoms with E-state index in [2.05, 4.69) is 36.3 Å². The van der Waals surface area contributed by atoms with Crippen LogP contribution in [0.2, 0.25) is 0 Å². The Morgan fingerprint density at radius 2 is 2.11 bits per heavy atom. The monoisotopic (exact) mass is 433 g/mol. The number of aliphatic hydroxyl groups excluding tert-OH is 1. The zero-order chi connectivity index (χ0) is 19.8. The third-order valence-corrected chi connectivity index (χ3v) is 4.65. The van der Waals surface area contributed by atoms with Gasteiger partial charge in [0.05, 0.1) is 30.1 Å². The summed E-state index contributed by atoms with van der Waals surface area (Å²) in [5.74, 6) is 0.0796. The smallest absolute Gasteiger partial charge is 0.221 e. The van der Waals surface area contributed by atoms with Crippen LogP contribution in [0.3, 0.4) is 0 Å². The van der Waals surface area contributed by atoms with Crippen molar-refractivity contribution in [2.24, 2.45) is 0 Å². The zero-order valence-electron chi connectivity index (χ0n) is 15.2. The summed E-state index contributed by atoms with van der Waals surface area (Å²) in [5.41, 5.74) is 1.13. The summed E-state index contributed by atoms with van der Waals surface area (Å²) in [5, 5.41) is 31.7. The van der Waals surface area contributed by atoms with Crippen molar-refractivity contribution in [2.75, 3.05) is 6.61 Å². The van der Waals surface area contributed by atoms with Gasteiger partial charge in [-0.15, -0.1) is 10.2 Å². The van der Waals surface area contributed by atoms with Crippen LogP contribution in [0.5, 0.6) is 0 Å². The van der Waals surface area contributed by atoms with Gasteiger partial charge in [0, 0.05) is 15.6 Å². The molecule has 2 heterocycles. The lowest BCUT2D eigenvalue weighted by atomic mass is 9.93. The molecule has 0 amide bonds. The summed E-state index contributed by atoms with van der Waals surface area (Å²) >= 11 is 3.38. The Balaban J connectivity index is 2.15. The zero-order valence-corrected chi connectivity index (χ0v) is 16.8. The van der Waals surface area contributed by atoms with Crippen molar-refractivity contribution < 1.29 is 15.0 Å². The second kappa shape index (κ2) is 7.34. The molecule has 3 rings (SSSR count). The molecule has 1 aromatic carbocycles. The molecule has 0 saturated heterocycles. The number of H-pyrrole nitrogens is 1. The number of nitrogens with one attached hydrogen (secondary N) is 1. The highest BCUT2D eigenvalue weighted by atomic mass is 79.9. The van der Waals surface area contributed by atoms with Gasteiger partial charge in [0.1, 0.15) is 0 Å². The average Bonchev–Trinajstić information content (AvgIpc) is 3.18. The van der Waals surface area contributed by atoms with Crippen molar-refractivity contribution in [3.8, 4) is 11.5 Å². The number of aromatic nitrogens is 5. The number of hydrogen-bond acceptors (Lipinski definition) is 6. The van der Waals surface area contributed by atoms with Crippen molar-refractivity contribution in [1.82, 2.24) is 25.2 Å². The van der Waals surface area contributed by atoms with Crippen molar-refractivity contribution in [2.45, 2.75) is 32.9 Å². The highest BCUT2D eigenvalue weighted by Crippen LogP contribution is 2.33. The van der Waals surface area contributed by atoms with Crippen molar-refractivity contribution in [3.63, 3.8) is 0 Å². The van der Waals surface area contributed by atoms with E-state index in [-0.39, 0.29) is 18.9 Å². The van der Waals surface area contributed by atoms with Gasteiger partial charge < -0.3 is 15.2 Å². The van der Waals surface area contributed by atoms with E-state index in [4.69, 9.17) is 5.11 Å². The molecule has 0 aliphatic rings. The SMILES string of the molecule is Cc1c(-c2nnn(CCO)n2)[nH]c(C(C)(C)O)c1C(=O)c1cccc(Br)c1. The predicted molar refractivity (Wildman–Crippen MR) is 102 cm³/mol. The Kier molecular flexibility index (Phi) is 5.27. The molecule has 0 radical (unpaired) electrons. The van der Waals surface area contributed by atoms with Crippen molar-refractivity contribution in [3.05, 3.63) is 51.1 Å². The molecule has 0 bridgehead atoms. The minimum atomic E-state index is -1.28. The Hall–Kier alpha value is -2.36. The van der Waals surface area contributed by atoms with Gasteiger partial charge in [-0.05, 0) is 43.7 Å². The normalized spacial score (nSPS) is 11.8. The molecule has 0 aliphatic carbocycles. The van der Waals surface area contributed by atoms with Crippen molar-refractivity contribution >= 4 is 21.7 Å². The molecule has 0 unspecified atom stereocenters. The number of ketones is 1. The van der Waals surface area contributed by atoms with E-state index in [9.17, 15) is 9.90 Å². The number of carbonyl (C=O) groups is 1. The quantitative estimate of drug-likeness (QED) is 0.512. The Bertz CT molecular complexity index is 987. The maximum atomic E-state index is 13.2. The van der Waals surface area contributed by atoms with Crippen LogP contribution in [0.4, 0.5) is 0 Å². The van der Waals surface area contributed by atoms with Gasteiger partial charge in [0.2, 0.25) is 5.82 Å². The van der Waals surface area contributed by atoms with E-state index in [1.165, 1.54) is 4.80 Å². The molecule has 3 aromatic rings. The summed E-state index contributed by atoms with van der Waals surface area (Å²) < 4.78 is 0.792. The van der Waals surface area contributed by atoms with Gasteiger partial charge in [0.25, 0.3) is 0 Å². The summed E-state index contributed by atoms with van der Waals surface area (Å²) in [6.07, 6.45) is 0. The van der Waals surface area contributed by atoms with Crippen LogP contribution in [0.1, 0.15) is 41.0 Å². The van der Waals surface area contributed by atoms with E-state index >= 15 is 0 Å².